The largest absolute Gasteiger partial charge is 0.357 e. The van der Waals surface area contributed by atoms with Crippen LogP contribution in [0.2, 0.25) is 0 Å². The molecule has 0 unspecified atom stereocenters. The van der Waals surface area contributed by atoms with Crippen molar-refractivity contribution in [2.24, 2.45) is 4.99 Å². The van der Waals surface area contributed by atoms with E-state index in [1.165, 1.54) is 6.42 Å². The molecule has 8 nitrogen and oxygen atoms in total. The van der Waals surface area contributed by atoms with Crippen LogP contribution in [0.25, 0.3) is 0 Å². The molecule has 0 atom stereocenters. The van der Waals surface area contributed by atoms with Crippen molar-refractivity contribution >= 4 is 35.8 Å². The summed E-state index contributed by atoms with van der Waals surface area (Å²) >= 11 is 0. The average Bonchev–Trinajstić information content (AvgIpc) is 3.19. The molecule has 27 heavy (non-hydrogen) atoms. The minimum absolute atomic E-state index is 0. The molecule has 0 spiro atoms. The van der Waals surface area contributed by atoms with Gasteiger partial charge in [0.05, 0.1) is 0 Å². The van der Waals surface area contributed by atoms with E-state index in [1.54, 1.807) is 0 Å². The summed E-state index contributed by atoms with van der Waals surface area (Å²) in [6.07, 6.45) is 7.14. The first kappa shape index (κ1) is 21.9. The maximum absolute atomic E-state index is 12.0. The van der Waals surface area contributed by atoms with E-state index >= 15 is 0 Å². The SMILES string of the molecule is CCNC(=NCc1nnc2n1CCC2)NCCCN1CCCCCC1=O.I. The van der Waals surface area contributed by atoms with Crippen LogP contribution in [0.1, 0.15) is 57.1 Å². The van der Waals surface area contributed by atoms with Crippen LogP contribution < -0.4 is 10.6 Å². The van der Waals surface area contributed by atoms with Gasteiger partial charge in [0, 0.05) is 45.6 Å². The Hall–Kier alpha value is -1.39. The number of rotatable bonds is 7. The van der Waals surface area contributed by atoms with Gasteiger partial charge < -0.3 is 20.1 Å². The molecule has 0 aromatic carbocycles. The van der Waals surface area contributed by atoms with E-state index in [0.717, 1.165) is 82.4 Å². The first-order valence-electron chi connectivity index (χ1n) is 9.99. The van der Waals surface area contributed by atoms with Gasteiger partial charge in [-0.25, -0.2) is 4.99 Å². The van der Waals surface area contributed by atoms with Gasteiger partial charge in [-0.2, -0.15) is 0 Å². The quantitative estimate of drug-likeness (QED) is 0.264. The number of aliphatic imine (C=N–C) groups is 1. The van der Waals surface area contributed by atoms with Gasteiger partial charge in [0.15, 0.2) is 11.8 Å². The Morgan fingerprint density at radius 1 is 1.11 bits per heavy atom. The molecule has 3 rings (SSSR count). The number of nitrogens with one attached hydrogen (secondary N) is 2. The van der Waals surface area contributed by atoms with Gasteiger partial charge in [-0.1, -0.05) is 6.42 Å². The van der Waals surface area contributed by atoms with Crippen molar-refractivity contribution in [1.82, 2.24) is 30.3 Å². The Kier molecular flexibility index (Phi) is 9.29. The Morgan fingerprint density at radius 3 is 2.85 bits per heavy atom. The van der Waals surface area contributed by atoms with Crippen LogP contribution in [0.3, 0.4) is 0 Å². The normalized spacial score (nSPS) is 17.3. The van der Waals surface area contributed by atoms with Gasteiger partial charge in [0.2, 0.25) is 5.91 Å². The van der Waals surface area contributed by atoms with E-state index in [2.05, 4.69) is 37.3 Å². The molecule has 0 bridgehead atoms. The summed E-state index contributed by atoms with van der Waals surface area (Å²) in [7, 11) is 0. The molecule has 2 N–H and O–H groups in total. The molecule has 0 radical (unpaired) electrons. The molecule has 1 amide bonds. The number of aromatic nitrogens is 3. The van der Waals surface area contributed by atoms with Crippen LogP contribution in [-0.2, 0) is 24.3 Å². The van der Waals surface area contributed by atoms with E-state index in [0.29, 0.717) is 18.9 Å². The van der Waals surface area contributed by atoms with Gasteiger partial charge in [-0.05, 0) is 32.6 Å². The lowest BCUT2D eigenvalue weighted by Crippen LogP contribution is -2.39. The third kappa shape index (κ3) is 6.32. The Balaban J connectivity index is 0.00000261. The van der Waals surface area contributed by atoms with Crippen LogP contribution in [-0.4, -0.2) is 57.7 Å². The van der Waals surface area contributed by atoms with Crippen molar-refractivity contribution in [3.05, 3.63) is 11.6 Å². The summed E-state index contributed by atoms with van der Waals surface area (Å²) in [6, 6.07) is 0. The van der Waals surface area contributed by atoms with Crippen molar-refractivity contribution in [1.29, 1.82) is 0 Å². The van der Waals surface area contributed by atoms with Crippen LogP contribution in [0.15, 0.2) is 4.99 Å². The molecular weight excluding hydrogens is 457 g/mol. The van der Waals surface area contributed by atoms with Crippen molar-refractivity contribution in [3.63, 3.8) is 0 Å². The maximum Gasteiger partial charge on any atom is 0.222 e. The molecule has 1 aromatic rings. The predicted molar refractivity (Wildman–Crippen MR) is 116 cm³/mol. The zero-order chi connectivity index (χ0) is 18.2. The predicted octanol–water partition coefficient (Wildman–Crippen LogP) is 1.69. The highest BCUT2D eigenvalue weighted by molar-refractivity contribution is 14.0. The second-order valence-electron chi connectivity index (χ2n) is 6.95. The number of hydrogen-bond donors (Lipinski definition) is 2. The van der Waals surface area contributed by atoms with E-state index in [-0.39, 0.29) is 24.0 Å². The number of aryl methyl sites for hydroxylation is 1. The van der Waals surface area contributed by atoms with Crippen LogP contribution in [0.4, 0.5) is 0 Å². The van der Waals surface area contributed by atoms with Gasteiger partial charge in [0.25, 0.3) is 0 Å². The molecule has 0 saturated carbocycles. The number of nitrogens with zero attached hydrogens (tertiary/aromatic N) is 5. The number of guanidine groups is 1. The van der Waals surface area contributed by atoms with Crippen molar-refractivity contribution in [2.75, 3.05) is 26.2 Å². The maximum atomic E-state index is 12.0. The Bertz CT molecular complexity index is 631. The highest BCUT2D eigenvalue weighted by Crippen LogP contribution is 2.14. The van der Waals surface area contributed by atoms with Gasteiger partial charge in [-0.3, -0.25) is 4.79 Å². The zero-order valence-corrected chi connectivity index (χ0v) is 18.6. The fourth-order valence-electron chi connectivity index (χ4n) is 3.57. The third-order valence-corrected chi connectivity index (χ3v) is 4.98. The summed E-state index contributed by atoms with van der Waals surface area (Å²) in [6.45, 7) is 6.94. The Labute approximate surface area is 178 Å². The van der Waals surface area contributed by atoms with E-state index < -0.39 is 0 Å². The Morgan fingerprint density at radius 2 is 2.00 bits per heavy atom. The number of hydrogen-bond acceptors (Lipinski definition) is 4. The molecule has 1 aromatic heterocycles. The molecule has 9 heteroatoms. The molecule has 0 aliphatic carbocycles. The highest BCUT2D eigenvalue weighted by Gasteiger charge is 2.17. The van der Waals surface area contributed by atoms with Gasteiger partial charge >= 0.3 is 0 Å². The summed E-state index contributed by atoms with van der Waals surface area (Å²) in [5, 5.41) is 15.1. The smallest absolute Gasteiger partial charge is 0.222 e. The third-order valence-electron chi connectivity index (χ3n) is 4.98. The lowest BCUT2D eigenvalue weighted by molar-refractivity contribution is -0.130. The van der Waals surface area contributed by atoms with E-state index in [1.807, 2.05) is 4.90 Å². The molecule has 152 valence electrons. The monoisotopic (exact) mass is 489 g/mol. The van der Waals surface area contributed by atoms with Crippen molar-refractivity contribution in [3.8, 4) is 0 Å². The highest BCUT2D eigenvalue weighted by atomic mass is 127. The fourth-order valence-corrected chi connectivity index (χ4v) is 3.57. The average molecular weight is 489 g/mol. The lowest BCUT2D eigenvalue weighted by Gasteiger charge is -2.20. The zero-order valence-electron chi connectivity index (χ0n) is 16.2. The van der Waals surface area contributed by atoms with Crippen molar-refractivity contribution < 1.29 is 4.79 Å². The number of fused-ring (bicyclic) bond motifs is 1. The van der Waals surface area contributed by atoms with Gasteiger partial charge in [-0.15, -0.1) is 34.2 Å². The lowest BCUT2D eigenvalue weighted by atomic mass is 10.2. The first-order valence-corrected chi connectivity index (χ1v) is 9.99. The standard InChI is InChI=1S/C18H31N7O.HI/c1-2-19-18(21-14-16-23-22-15-8-6-13-25(15)16)20-10-7-12-24-11-5-3-4-9-17(24)26;/h2-14H2,1H3,(H2,19,20,21);1H. The van der Waals surface area contributed by atoms with Crippen LogP contribution in [0.5, 0.6) is 0 Å². The second-order valence-corrected chi connectivity index (χ2v) is 6.95. The van der Waals surface area contributed by atoms with Crippen LogP contribution in [0, 0.1) is 0 Å². The van der Waals surface area contributed by atoms with E-state index in [9.17, 15) is 4.79 Å². The van der Waals surface area contributed by atoms with Gasteiger partial charge in [0.1, 0.15) is 12.4 Å². The number of likely N-dealkylation sites (tertiary alicyclic amines) is 1. The minimum atomic E-state index is 0. The van der Waals surface area contributed by atoms with Crippen LogP contribution >= 0.6 is 24.0 Å². The molecule has 1 fully saturated rings. The number of carbonyl (C=O) groups excluding carboxylic acids is 1. The number of amides is 1. The summed E-state index contributed by atoms with van der Waals surface area (Å²) < 4.78 is 2.18. The first-order chi connectivity index (χ1) is 12.8. The van der Waals surface area contributed by atoms with E-state index in [4.69, 9.17) is 0 Å². The molecule has 2 aliphatic heterocycles. The minimum Gasteiger partial charge on any atom is -0.357 e. The number of carbonyl (C=O) groups is 1. The summed E-state index contributed by atoms with van der Waals surface area (Å²) in [5.41, 5.74) is 0. The summed E-state index contributed by atoms with van der Waals surface area (Å²) in [4.78, 5) is 18.7. The summed E-state index contributed by atoms with van der Waals surface area (Å²) in [5.74, 6) is 3.12. The molecule has 2 aliphatic rings. The second kappa shape index (κ2) is 11.5. The molecular formula is C18H32IN7O. The topological polar surface area (TPSA) is 87.4 Å². The molecule has 1 saturated heterocycles. The fraction of sp³-hybridized carbons (Fsp3) is 0.778. The molecule has 3 heterocycles. The van der Waals surface area contributed by atoms with Crippen molar-refractivity contribution in [2.45, 2.75) is 65.0 Å². The number of halogens is 1.